The Hall–Kier alpha value is -3.43. The van der Waals surface area contributed by atoms with E-state index < -0.39 is 6.10 Å². The third-order valence-corrected chi connectivity index (χ3v) is 4.87. The number of hydrogen-bond donors (Lipinski definition) is 2. The van der Waals surface area contributed by atoms with Gasteiger partial charge in [0.2, 0.25) is 0 Å². The van der Waals surface area contributed by atoms with Crippen LogP contribution in [0.3, 0.4) is 0 Å². The topological polar surface area (TPSA) is 49.3 Å². The van der Waals surface area contributed by atoms with E-state index in [0.29, 0.717) is 5.56 Å². The average Bonchev–Trinajstić information content (AvgIpc) is 2.77. The van der Waals surface area contributed by atoms with Crippen molar-refractivity contribution in [2.75, 3.05) is 6.54 Å². The average molecular weight is 367 g/mol. The molecule has 1 amide bonds. The maximum Gasteiger partial charge on any atom is 0.251 e. The molecule has 0 aliphatic carbocycles. The van der Waals surface area contributed by atoms with E-state index in [9.17, 15) is 9.90 Å². The summed E-state index contributed by atoms with van der Waals surface area (Å²) >= 11 is 0. The normalized spacial score (nSPS) is 11.9. The van der Waals surface area contributed by atoms with Crippen LogP contribution in [0.1, 0.15) is 22.0 Å². The molecule has 1 unspecified atom stereocenters. The Morgan fingerprint density at radius 1 is 0.750 bits per heavy atom. The van der Waals surface area contributed by atoms with Crippen molar-refractivity contribution in [2.45, 2.75) is 6.10 Å². The third kappa shape index (κ3) is 3.95. The molecule has 0 heterocycles. The second kappa shape index (κ2) is 8.07. The maximum atomic E-state index is 12.4. The maximum absolute atomic E-state index is 12.4. The van der Waals surface area contributed by atoms with E-state index in [-0.39, 0.29) is 12.5 Å². The van der Waals surface area contributed by atoms with Gasteiger partial charge in [0, 0.05) is 12.1 Å². The summed E-state index contributed by atoms with van der Waals surface area (Å²) in [7, 11) is 0. The van der Waals surface area contributed by atoms with Gasteiger partial charge < -0.3 is 10.4 Å². The van der Waals surface area contributed by atoms with Gasteiger partial charge in [0.25, 0.3) is 5.91 Å². The zero-order chi connectivity index (χ0) is 19.3. The summed E-state index contributed by atoms with van der Waals surface area (Å²) in [6.45, 7) is 0.164. The van der Waals surface area contributed by atoms with E-state index in [2.05, 4.69) is 5.32 Å². The number of amides is 1. The van der Waals surface area contributed by atoms with Crippen LogP contribution >= 0.6 is 0 Å². The molecule has 2 N–H and O–H groups in total. The summed E-state index contributed by atoms with van der Waals surface area (Å²) < 4.78 is 0. The van der Waals surface area contributed by atoms with Crippen molar-refractivity contribution in [3.05, 3.63) is 108 Å². The van der Waals surface area contributed by atoms with Crippen LogP contribution < -0.4 is 5.32 Å². The highest BCUT2D eigenvalue weighted by Gasteiger charge is 2.11. The van der Waals surface area contributed by atoms with E-state index in [1.165, 1.54) is 0 Å². The second-order valence-electron chi connectivity index (χ2n) is 6.78. The quantitative estimate of drug-likeness (QED) is 0.523. The number of carbonyl (C=O) groups excluding carboxylic acids is 1. The largest absolute Gasteiger partial charge is 0.387 e. The lowest BCUT2D eigenvalue weighted by Gasteiger charge is -2.13. The minimum Gasteiger partial charge on any atom is -0.387 e. The number of rotatable bonds is 5. The molecule has 0 fully saturated rings. The summed E-state index contributed by atoms with van der Waals surface area (Å²) in [5, 5.41) is 15.5. The predicted octanol–water partition coefficient (Wildman–Crippen LogP) is 4.97. The fourth-order valence-electron chi connectivity index (χ4n) is 3.27. The van der Waals surface area contributed by atoms with Crippen LogP contribution in [0.4, 0.5) is 0 Å². The number of nitrogens with one attached hydrogen (secondary N) is 1. The van der Waals surface area contributed by atoms with Crippen LogP contribution in [0.25, 0.3) is 21.9 Å². The van der Waals surface area contributed by atoms with Gasteiger partial charge in [0.05, 0.1) is 6.10 Å². The highest BCUT2D eigenvalue weighted by Crippen LogP contribution is 2.21. The van der Waals surface area contributed by atoms with E-state index in [4.69, 9.17) is 0 Å². The van der Waals surface area contributed by atoms with E-state index in [1.54, 1.807) is 12.1 Å². The summed E-state index contributed by atoms with van der Waals surface area (Å²) in [5.74, 6) is -0.195. The van der Waals surface area contributed by atoms with Crippen LogP contribution in [0.5, 0.6) is 0 Å². The zero-order valence-corrected chi connectivity index (χ0v) is 15.4. The number of aliphatic hydroxyl groups excluding tert-OH is 1. The highest BCUT2D eigenvalue weighted by atomic mass is 16.3. The monoisotopic (exact) mass is 367 g/mol. The van der Waals surface area contributed by atoms with Gasteiger partial charge in [0.1, 0.15) is 0 Å². The molecular formula is C25H21NO2. The van der Waals surface area contributed by atoms with Gasteiger partial charge in [0.15, 0.2) is 0 Å². The first kappa shape index (κ1) is 18.0. The summed E-state index contributed by atoms with van der Waals surface area (Å²) in [5.41, 5.74) is 3.54. The Morgan fingerprint density at radius 2 is 1.39 bits per heavy atom. The number of benzene rings is 4. The smallest absolute Gasteiger partial charge is 0.251 e. The van der Waals surface area contributed by atoms with Gasteiger partial charge >= 0.3 is 0 Å². The number of fused-ring (bicyclic) bond motifs is 1. The molecule has 0 radical (unpaired) electrons. The Kier molecular flexibility index (Phi) is 5.18. The molecule has 28 heavy (non-hydrogen) atoms. The molecule has 0 spiro atoms. The van der Waals surface area contributed by atoms with Gasteiger partial charge in [-0.15, -0.1) is 0 Å². The number of carbonyl (C=O) groups is 1. The predicted molar refractivity (Wildman–Crippen MR) is 113 cm³/mol. The van der Waals surface area contributed by atoms with Gasteiger partial charge in [-0.3, -0.25) is 4.79 Å². The van der Waals surface area contributed by atoms with Gasteiger partial charge in [-0.25, -0.2) is 0 Å². The lowest BCUT2D eigenvalue weighted by atomic mass is 10.0. The SMILES string of the molecule is O=C(NCC(O)c1ccc2ccccc2c1)c1ccc(-c2ccccc2)cc1. The Bertz CT molecular complexity index is 1090. The molecule has 0 saturated carbocycles. The molecule has 1 atom stereocenters. The van der Waals surface area contributed by atoms with Crippen molar-refractivity contribution in [3.8, 4) is 11.1 Å². The van der Waals surface area contributed by atoms with Crippen molar-refractivity contribution in [3.63, 3.8) is 0 Å². The Morgan fingerprint density at radius 3 is 2.14 bits per heavy atom. The molecule has 3 heteroatoms. The molecule has 3 nitrogen and oxygen atoms in total. The molecule has 4 aromatic carbocycles. The van der Waals surface area contributed by atoms with Gasteiger partial charge in [-0.1, -0.05) is 78.9 Å². The van der Waals surface area contributed by atoms with E-state index >= 15 is 0 Å². The lowest BCUT2D eigenvalue weighted by Crippen LogP contribution is -2.28. The summed E-state index contributed by atoms with van der Waals surface area (Å²) in [6, 6.07) is 31.4. The fourth-order valence-corrected chi connectivity index (χ4v) is 3.27. The summed E-state index contributed by atoms with van der Waals surface area (Å²) in [6.07, 6.45) is -0.753. The molecule has 4 rings (SSSR count). The van der Waals surface area contributed by atoms with E-state index in [0.717, 1.165) is 27.5 Å². The minimum atomic E-state index is -0.753. The second-order valence-corrected chi connectivity index (χ2v) is 6.78. The van der Waals surface area contributed by atoms with Crippen LogP contribution in [-0.4, -0.2) is 17.6 Å². The van der Waals surface area contributed by atoms with Crippen molar-refractivity contribution in [2.24, 2.45) is 0 Å². The van der Waals surface area contributed by atoms with Crippen molar-refractivity contribution < 1.29 is 9.90 Å². The first-order valence-corrected chi connectivity index (χ1v) is 9.31. The van der Waals surface area contributed by atoms with Crippen LogP contribution in [0.15, 0.2) is 97.1 Å². The van der Waals surface area contributed by atoms with E-state index in [1.807, 2.05) is 84.9 Å². The fraction of sp³-hybridized carbons (Fsp3) is 0.0800. The molecule has 0 saturated heterocycles. The first-order chi connectivity index (χ1) is 13.7. The van der Waals surface area contributed by atoms with Crippen LogP contribution in [0.2, 0.25) is 0 Å². The van der Waals surface area contributed by atoms with Crippen molar-refractivity contribution in [1.82, 2.24) is 5.32 Å². The highest BCUT2D eigenvalue weighted by molar-refractivity contribution is 5.94. The zero-order valence-electron chi connectivity index (χ0n) is 15.4. The Balaban J connectivity index is 1.40. The Labute approximate surface area is 164 Å². The molecule has 0 aliphatic rings. The van der Waals surface area contributed by atoms with Crippen molar-refractivity contribution >= 4 is 16.7 Å². The third-order valence-electron chi connectivity index (χ3n) is 4.87. The molecule has 138 valence electrons. The molecule has 0 bridgehead atoms. The molecule has 0 aromatic heterocycles. The van der Waals surface area contributed by atoms with Crippen LogP contribution in [-0.2, 0) is 0 Å². The van der Waals surface area contributed by atoms with Crippen molar-refractivity contribution in [1.29, 1.82) is 0 Å². The minimum absolute atomic E-state index is 0.164. The van der Waals surface area contributed by atoms with Gasteiger partial charge in [-0.2, -0.15) is 0 Å². The van der Waals surface area contributed by atoms with Crippen LogP contribution in [0, 0.1) is 0 Å². The molecular weight excluding hydrogens is 346 g/mol. The lowest BCUT2D eigenvalue weighted by molar-refractivity contribution is 0.0916. The standard InChI is InChI=1S/C25H21NO2/c27-24(23-15-12-19-8-4-5-9-22(19)16-23)17-26-25(28)21-13-10-20(11-14-21)18-6-2-1-3-7-18/h1-16,24,27H,17H2,(H,26,28). The molecule has 0 aliphatic heterocycles. The number of aliphatic hydroxyl groups is 1. The summed E-state index contributed by atoms with van der Waals surface area (Å²) in [4.78, 5) is 12.4. The first-order valence-electron chi connectivity index (χ1n) is 9.31. The molecule has 4 aromatic rings. The number of hydrogen-bond acceptors (Lipinski definition) is 2. The van der Waals surface area contributed by atoms with Gasteiger partial charge in [-0.05, 0) is 45.7 Å².